The maximum Gasteiger partial charge on any atom is 0.264 e. The molecule has 0 aliphatic rings. The number of carbonyl (C=O) groups is 1. The number of rotatable bonds is 7. The van der Waals surface area contributed by atoms with Gasteiger partial charge in [-0.2, -0.15) is 5.10 Å². The van der Waals surface area contributed by atoms with Crippen LogP contribution in [0.15, 0.2) is 82.8 Å². The number of sulfonamides is 1. The smallest absolute Gasteiger partial charge is 0.264 e. The van der Waals surface area contributed by atoms with Gasteiger partial charge in [0.25, 0.3) is 15.9 Å². The second kappa shape index (κ2) is 9.74. The molecule has 166 valence electrons. The first-order valence-electron chi connectivity index (χ1n) is 9.92. The second-order valence-corrected chi connectivity index (χ2v) is 9.22. The van der Waals surface area contributed by atoms with Gasteiger partial charge in [-0.25, -0.2) is 18.2 Å². The Morgan fingerprint density at radius 3 is 2.31 bits per heavy atom. The third-order valence-electron chi connectivity index (χ3n) is 4.86. The standard InChI is InChI=1S/C24H24FN3O3S/c1-17-9-10-18(2)23(15-17)28(32(30,31)22-7-5-4-6-8-22)16-24(29)27-26-19(3)20-11-13-21(25)14-12-20/h4-15H,16H2,1-3H3,(H,27,29)/b26-19+. The summed E-state index contributed by atoms with van der Waals surface area (Å²) in [5, 5.41) is 4.04. The zero-order valence-electron chi connectivity index (χ0n) is 18.0. The maximum atomic E-state index is 13.4. The van der Waals surface area contributed by atoms with Crippen molar-refractivity contribution >= 4 is 27.3 Å². The van der Waals surface area contributed by atoms with Crippen LogP contribution in [0.5, 0.6) is 0 Å². The Kier molecular flexibility index (Phi) is 7.05. The summed E-state index contributed by atoms with van der Waals surface area (Å²) >= 11 is 0. The zero-order chi connectivity index (χ0) is 23.3. The van der Waals surface area contributed by atoms with Crippen molar-refractivity contribution in [3.05, 3.63) is 95.3 Å². The van der Waals surface area contributed by atoms with E-state index in [0.717, 1.165) is 9.87 Å². The van der Waals surface area contributed by atoms with Gasteiger partial charge in [-0.05, 0) is 67.8 Å². The molecule has 1 amide bonds. The van der Waals surface area contributed by atoms with E-state index < -0.39 is 22.5 Å². The SMILES string of the molecule is C/C(=N\NC(=O)CN(c1cc(C)ccc1C)S(=O)(=O)c1ccccc1)c1ccc(F)cc1. The lowest BCUT2D eigenvalue weighted by molar-refractivity contribution is -0.119. The van der Waals surface area contributed by atoms with Crippen molar-refractivity contribution in [1.29, 1.82) is 0 Å². The van der Waals surface area contributed by atoms with Crippen LogP contribution < -0.4 is 9.73 Å². The first-order valence-corrected chi connectivity index (χ1v) is 11.4. The van der Waals surface area contributed by atoms with Gasteiger partial charge >= 0.3 is 0 Å². The number of nitrogens with one attached hydrogen (secondary N) is 1. The minimum absolute atomic E-state index is 0.0831. The monoisotopic (exact) mass is 453 g/mol. The first kappa shape index (κ1) is 23.1. The number of hydrogen-bond acceptors (Lipinski definition) is 4. The lowest BCUT2D eigenvalue weighted by Gasteiger charge is -2.25. The number of halogens is 1. The van der Waals surface area contributed by atoms with Crippen molar-refractivity contribution < 1.29 is 17.6 Å². The molecule has 6 nitrogen and oxygen atoms in total. The minimum Gasteiger partial charge on any atom is -0.271 e. The Bertz CT molecular complexity index is 1240. The zero-order valence-corrected chi connectivity index (χ0v) is 18.9. The maximum absolute atomic E-state index is 13.4. The van der Waals surface area contributed by atoms with E-state index in [-0.39, 0.29) is 10.7 Å². The quantitative estimate of drug-likeness (QED) is 0.431. The molecule has 0 aromatic heterocycles. The highest BCUT2D eigenvalue weighted by Crippen LogP contribution is 2.27. The fraction of sp³-hybridized carbons (Fsp3) is 0.167. The van der Waals surface area contributed by atoms with Crippen molar-refractivity contribution in [3.63, 3.8) is 0 Å². The molecular weight excluding hydrogens is 429 g/mol. The Hall–Kier alpha value is -3.52. The number of aryl methyl sites for hydroxylation is 2. The van der Waals surface area contributed by atoms with E-state index in [4.69, 9.17) is 0 Å². The van der Waals surface area contributed by atoms with Crippen molar-refractivity contribution in [2.45, 2.75) is 25.7 Å². The molecule has 0 aliphatic heterocycles. The van der Waals surface area contributed by atoms with E-state index in [1.165, 1.54) is 24.3 Å². The largest absolute Gasteiger partial charge is 0.271 e. The van der Waals surface area contributed by atoms with Crippen LogP contribution in [-0.2, 0) is 14.8 Å². The van der Waals surface area contributed by atoms with E-state index >= 15 is 0 Å². The van der Waals surface area contributed by atoms with Gasteiger partial charge in [0.05, 0.1) is 16.3 Å². The summed E-state index contributed by atoms with van der Waals surface area (Å²) in [6, 6.07) is 19.1. The summed E-state index contributed by atoms with van der Waals surface area (Å²) < 4.78 is 41.0. The Morgan fingerprint density at radius 2 is 1.66 bits per heavy atom. The summed E-state index contributed by atoms with van der Waals surface area (Å²) in [6.45, 7) is 4.85. The van der Waals surface area contributed by atoms with Gasteiger partial charge < -0.3 is 0 Å². The number of hydrazone groups is 1. The van der Waals surface area contributed by atoms with Gasteiger partial charge in [-0.15, -0.1) is 0 Å². The molecule has 3 rings (SSSR count). The molecule has 0 bridgehead atoms. The highest BCUT2D eigenvalue weighted by molar-refractivity contribution is 7.92. The van der Waals surface area contributed by atoms with E-state index in [1.807, 2.05) is 19.1 Å². The fourth-order valence-corrected chi connectivity index (χ4v) is 4.57. The summed E-state index contributed by atoms with van der Waals surface area (Å²) in [6.07, 6.45) is 0. The fourth-order valence-electron chi connectivity index (χ4n) is 3.08. The molecule has 3 aromatic rings. The predicted molar refractivity (Wildman–Crippen MR) is 124 cm³/mol. The van der Waals surface area contributed by atoms with Crippen LogP contribution >= 0.6 is 0 Å². The molecule has 0 atom stereocenters. The normalized spacial score (nSPS) is 11.8. The number of hydrogen-bond donors (Lipinski definition) is 1. The van der Waals surface area contributed by atoms with Crippen LogP contribution in [0.3, 0.4) is 0 Å². The molecule has 0 saturated carbocycles. The Labute approximate surface area is 187 Å². The van der Waals surface area contributed by atoms with Gasteiger partial charge in [0.2, 0.25) is 0 Å². The number of anilines is 1. The molecule has 32 heavy (non-hydrogen) atoms. The third kappa shape index (κ3) is 5.39. The highest BCUT2D eigenvalue weighted by Gasteiger charge is 2.28. The lowest BCUT2D eigenvalue weighted by atomic mass is 10.1. The Balaban J connectivity index is 1.90. The number of amides is 1. The van der Waals surface area contributed by atoms with Gasteiger partial charge in [-0.1, -0.05) is 42.5 Å². The van der Waals surface area contributed by atoms with Crippen molar-refractivity contribution in [2.24, 2.45) is 5.10 Å². The van der Waals surface area contributed by atoms with Gasteiger partial charge in [-0.3, -0.25) is 9.10 Å². The van der Waals surface area contributed by atoms with E-state index in [0.29, 0.717) is 22.5 Å². The molecule has 0 aliphatic carbocycles. The molecular formula is C24H24FN3O3S. The second-order valence-electron chi connectivity index (χ2n) is 7.35. The molecule has 3 aromatic carbocycles. The summed E-state index contributed by atoms with van der Waals surface area (Å²) in [5.41, 5.74) is 5.50. The average Bonchev–Trinajstić information content (AvgIpc) is 2.78. The molecule has 1 N–H and O–H groups in total. The Morgan fingerprint density at radius 1 is 1.00 bits per heavy atom. The first-order chi connectivity index (χ1) is 15.2. The van der Waals surface area contributed by atoms with Crippen LogP contribution in [0.25, 0.3) is 0 Å². The molecule has 8 heteroatoms. The predicted octanol–water partition coefficient (Wildman–Crippen LogP) is 4.18. The summed E-state index contributed by atoms with van der Waals surface area (Å²) in [7, 11) is -4.00. The lowest BCUT2D eigenvalue weighted by Crippen LogP contribution is -2.40. The van der Waals surface area contributed by atoms with Gasteiger partial charge in [0.15, 0.2) is 0 Å². The molecule has 0 fully saturated rings. The van der Waals surface area contributed by atoms with Gasteiger partial charge in [0, 0.05) is 0 Å². The topological polar surface area (TPSA) is 78.8 Å². The highest BCUT2D eigenvalue weighted by atomic mass is 32.2. The van der Waals surface area contributed by atoms with Crippen LogP contribution in [0, 0.1) is 19.7 Å². The van der Waals surface area contributed by atoms with Gasteiger partial charge in [0.1, 0.15) is 12.4 Å². The number of nitrogens with zero attached hydrogens (tertiary/aromatic N) is 2. The van der Waals surface area contributed by atoms with Crippen LogP contribution in [0.1, 0.15) is 23.6 Å². The molecule has 0 radical (unpaired) electrons. The van der Waals surface area contributed by atoms with Crippen LogP contribution in [0.2, 0.25) is 0 Å². The molecule has 0 spiro atoms. The summed E-state index contributed by atoms with van der Waals surface area (Å²) in [5.74, 6) is -0.979. The number of benzene rings is 3. The molecule has 0 saturated heterocycles. The van der Waals surface area contributed by atoms with Crippen LogP contribution in [0.4, 0.5) is 10.1 Å². The van der Waals surface area contributed by atoms with E-state index in [9.17, 15) is 17.6 Å². The van der Waals surface area contributed by atoms with Crippen LogP contribution in [-0.4, -0.2) is 26.6 Å². The number of carbonyl (C=O) groups excluding carboxylic acids is 1. The average molecular weight is 454 g/mol. The summed E-state index contributed by atoms with van der Waals surface area (Å²) in [4.78, 5) is 12.8. The van der Waals surface area contributed by atoms with Crippen molar-refractivity contribution in [3.8, 4) is 0 Å². The van der Waals surface area contributed by atoms with Crippen molar-refractivity contribution in [2.75, 3.05) is 10.8 Å². The van der Waals surface area contributed by atoms with E-state index in [1.54, 1.807) is 50.2 Å². The molecule has 0 unspecified atom stereocenters. The third-order valence-corrected chi connectivity index (χ3v) is 6.64. The minimum atomic E-state index is -4.00. The van der Waals surface area contributed by atoms with E-state index in [2.05, 4.69) is 10.5 Å². The molecule has 0 heterocycles. The van der Waals surface area contributed by atoms with Crippen molar-refractivity contribution in [1.82, 2.24) is 5.43 Å².